The topological polar surface area (TPSA) is 42.7 Å². The Hall–Kier alpha value is -0.610. The van der Waals surface area contributed by atoms with Crippen LogP contribution in [-0.4, -0.2) is 26.9 Å². The van der Waals surface area contributed by atoms with E-state index in [9.17, 15) is 0 Å². The lowest BCUT2D eigenvalue weighted by Crippen LogP contribution is -2.26. The minimum absolute atomic E-state index is 0.413. The van der Waals surface area contributed by atoms with Gasteiger partial charge in [-0.1, -0.05) is 5.21 Å². The van der Waals surface area contributed by atoms with Crippen molar-refractivity contribution in [2.24, 2.45) is 13.0 Å². The molecule has 0 unspecified atom stereocenters. The molecule has 0 spiro atoms. The normalized spacial score (nSPS) is 25.9. The van der Waals surface area contributed by atoms with E-state index in [2.05, 4.69) is 15.6 Å². The van der Waals surface area contributed by atoms with E-state index in [-0.39, 0.29) is 0 Å². The van der Waals surface area contributed by atoms with Crippen LogP contribution in [-0.2, 0) is 13.6 Å². The number of alkyl halides is 1. The number of hydrogen-bond acceptors (Lipinski definition) is 3. The van der Waals surface area contributed by atoms with E-state index in [4.69, 9.17) is 11.6 Å². The molecule has 0 aliphatic heterocycles. The van der Waals surface area contributed by atoms with Crippen LogP contribution in [0.3, 0.4) is 0 Å². The summed E-state index contributed by atoms with van der Waals surface area (Å²) in [5.41, 5.74) is 1.01. The van der Waals surface area contributed by atoms with E-state index in [1.54, 1.807) is 4.68 Å². The van der Waals surface area contributed by atoms with Gasteiger partial charge in [-0.05, 0) is 38.1 Å². The van der Waals surface area contributed by atoms with Gasteiger partial charge in [0.25, 0.3) is 0 Å². The van der Waals surface area contributed by atoms with Crippen molar-refractivity contribution in [3.63, 3.8) is 0 Å². The van der Waals surface area contributed by atoms with E-state index in [1.807, 2.05) is 13.2 Å². The fourth-order valence-corrected chi connectivity index (χ4v) is 2.46. The van der Waals surface area contributed by atoms with Gasteiger partial charge in [-0.3, -0.25) is 4.68 Å². The van der Waals surface area contributed by atoms with E-state index >= 15 is 0 Å². The first-order chi connectivity index (χ1) is 7.74. The third kappa shape index (κ3) is 3.46. The van der Waals surface area contributed by atoms with Crippen LogP contribution in [0.25, 0.3) is 0 Å². The Bertz CT molecular complexity index is 318. The van der Waals surface area contributed by atoms with Gasteiger partial charge in [-0.2, -0.15) is 0 Å². The van der Waals surface area contributed by atoms with Crippen molar-refractivity contribution in [2.45, 2.75) is 37.6 Å². The first-order valence-electron chi connectivity index (χ1n) is 5.94. The van der Waals surface area contributed by atoms with Crippen LogP contribution in [0.2, 0.25) is 0 Å². The zero-order valence-electron chi connectivity index (χ0n) is 9.69. The summed E-state index contributed by atoms with van der Waals surface area (Å²) in [6, 6.07) is 0. The van der Waals surface area contributed by atoms with Gasteiger partial charge >= 0.3 is 0 Å². The van der Waals surface area contributed by atoms with Crippen molar-refractivity contribution >= 4 is 11.6 Å². The van der Waals surface area contributed by atoms with Crippen molar-refractivity contribution in [2.75, 3.05) is 6.54 Å². The number of nitrogens with one attached hydrogen (secondary N) is 1. The molecule has 0 saturated heterocycles. The van der Waals surface area contributed by atoms with Gasteiger partial charge in [-0.15, -0.1) is 16.7 Å². The lowest BCUT2D eigenvalue weighted by atomic mass is 9.89. The number of nitrogens with zero attached hydrogens (tertiary/aromatic N) is 3. The first kappa shape index (κ1) is 11.9. The van der Waals surface area contributed by atoms with Gasteiger partial charge in [0.2, 0.25) is 0 Å². The number of hydrogen-bond donors (Lipinski definition) is 1. The van der Waals surface area contributed by atoms with Crippen molar-refractivity contribution in [3.8, 4) is 0 Å². The molecular weight excluding hydrogens is 224 g/mol. The lowest BCUT2D eigenvalue weighted by Gasteiger charge is -2.24. The van der Waals surface area contributed by atoms with E-state index in [1.165, 1.54) is 25.7 Å². The summed E-state index contributed by atoms with van der Waals surface area (Å²) in [5.74, 6) is 0.784. The molecule has 0 radical (unpaired) electrons. The summed E-state index contributed by atoms with van der Waals surface area (Å²) in [4.78, 5) is 0. The number of rotatable bonds is 4. The molecule has 5 heteroatoms. The molecule has 4 nitrogen and oxygen atoms in total. The zero-order valence-corrected chi connectivity index (χ0v) is 10.5. The minimum atomic E-state index is 0.413. The summed E-state index contributed by atoms with van der Waals surface area (Å²) in [5, 5.41) is 11.8. The first-order valence-corrected chi connectivity index (χ1v) is 6.37. The standard InChI is InChI=1S/C11H19ClN4/c1-16-8-11(14-15-16)7-13-6-9-2-4-10(12)5-3-9/h8-10,13H,2-7H2,1H3. The highest BCUT2D eigenvalue weighted by molar-refractivity contribution is 6.20. The molecule has 0 aromatic carbocycles. The van der Waals surface area contributed by atoms with Crippen LogP contribution < -0.4 is 5.32 Å². The van der Waals surface area contributed by atoms with Crippen LogP contribution >= 0.6 is 11.6 Å². The predicted octanol–water partition coefficient (Wildman–Crippen LogP) is 1.70. The summed E-state index contributed by atoms with van der Waals surface area (Å²) >= 11 is 6.07. The molecule has 1 aliphatic rings. The maximum absolute atomic E-state index is 6.07. The monoisotopic (exact) mass is 242 g/mol. The van der Waals surface area contributed by atoms with Crippen molar-refractivity contribution in [1.82, 2.24) is 20.3 Å². The SMILES string of the molecule is Cn1cc(CNCC2CCC(Cl)CC2)nn1. The molecule has 1 heterocycles. The second kappa shape index (κ2) is 5.64. The minimum Gasteiger partial charge on any atom is -0.311 e. The Kier molecular flexibility index (Phi) is 4.18. The molecule has 1 N–H and O–H groups in total. The zero-order chi connectivity index (χ0) is 11.4. The lowest BCUT2D eigenvalue weighted by molar-refractivity contribution is 0.345. The van der Waals surface area contributed by atoms with Gasteiger partial charge in [0.1, 0.15) is 0 Å². The van der Waals surface area contributed by atoms with Crippen LogP contribution in [0.5, 0.6) is 0 Å². The van der Waals surface area contributed by atoms with Crippen molar-refractivity contribution < 1.29 is 0 Å². The maximum Gasteiger partial charge on any atom is 0.0964 e. The molecule has 0 atom stereocenters. The van der Waals surface area contributed by atoms with E-state index in [0.717, 1.165) is 24.7 Å². The number of aromatic nitrogens is 3. The smallest absolute Gasteiger partial charge is 0.0964 e. The van der Waals surface area contributed by atoms with Gasteiger partial charge < -0.3 is 5.32 Å². The molecule has 2 rings (SSSR count). The van der Waals surface area contributed by atoms with Crippen LogP contribution in [0.15, 0.2) is 6.20 Å². The average Bonchev–Trinajstić information content (AvgIpc) is 2.67. The van der Waals surface area contributed by atoms with Gasteiger partial charge in [0, 0.05) is 25.2 Å². The molecule has 1 aromatic rings. The Morgan fingerprint density at radius 3 is 2.81 bits per heavy atom. The summed E-state index contributed by atoms with van der Waals surface area (Å²) in [6.45, 7) is 1.88. The predicted molar refractivity (Wildman–Crippen MR) is 64.3 cm³/mol. The summed E-state index contributed by atoms with van der Waals surface area (Å²) in [6.07, 6.45) is 6.78. The summed E-state index contributed by atoms with van der Waals surface area (Å²) < 4.78 is 1.73. The molecule has 1 aromatic heterocycles. The van der Waals surface area contributed by atoms with Gasteiger partial charge in [0.05, 0.1) is 5.69 Å². The molecule has 0 amide bonds. The average molecular weight is 243 g/mol. The second-order valence-corrected chi connectivity index (χ2v) is 5.25. The fourth-order valence-electron chi connectivity index (χ4n) is 2.21. The van der Waals surface area contributed by atoms with Gasteiger partial charge in [-0.25, -0.2) is 0 Å². The molecule has 0 bridgehead atoms. The molecular formula is C11H19ClN4. The second-order valence-electron chi connectivity index (χ2n) is 4.63. The van der Waals surface area contributed by atoms with Crippen LogP contribution in [0.4, 0.5) is 0 Å². The highest BCUT2D eigenvalue weighted by Crippen LogP contribution is 2.26. The Morgan fingerprint density at radius 1 is 1.44 bits per heavy atom. The Morgan fingerprint density at radius 2 is 2.19 bits per heavy atom. The third-order valence-corrected chi connectivity index (χ3v) is 3.60. The summed E-state index contributed by atoms with van der Waals surface area (Å²) in [7, 11) is 1.89. The fraction of sp³-hybridized carbons (Fsp3) is 0.818. The molecule has 1 fully saturated rings. The van der Waals surface area contributed by atoms with Crippen molar-refractivity contribution in [1.29, 1.82) is 0 Å². The molecule has 16 heavy (non-hydrogen) atoms. The molecule has 1 aliphatic carbocycles. The third-order valence-electron chi connectivity index (χ3n) is 3.17. The molecule has 90 valence electrons. The maximum atomic E-state index is 6.07. The largest absolute Gasteiger partial charge is 0.311 e. The highest BCUT2D eigenvalue weighted by atomic mass is 35.5. The quantitative estimate of drug-likeness (QED) is 0.818. The van der Waals surface area contributed by atoms with Crippen LogP contribution in [0, 0.1) is 5.92 Å². The Labute approximate surface area is 101 Å². The van der Waals surface area contributed by atoms with E-state index in [0.29, 0.717) is 5.38 Å². The number of aryl methyl sites for hydroxylation is 1. The Balaban J connectivity index is 1.64. The van der Waals surface area contributed by atoms with Gasteiger partial charge in [0.15, 0.2) is 0 Å². The highest BCUT2D eigenvalue weighted by Gasteiger charge is 2.18. The number of halogens is 1. The van der Waals surface area contributed by atoms with E-state index < -0.39 is 0 Å². The molecule has 1 saturated carbocycles. The van der Waals surface area contributed by atoms with Crippen molar-refractivity contribution in [3.05, 3.63) is 11.9 Å². The van der Waals surface area contributed by atoms with Crippen LogP contribution in [0.1, 0.15) is 31.4 Å².